The fraction of sp³-hybridized carbons (Fsp3) is 0.571. The summed E-state index contributed by atoms with van der Waals surface area (Å²) in [6.45, 7) is 0.572. The molecular formula is C7H12BNO3. The van der Waals surface area contributed by atoms with Gasteiger partial charge in [-0.1, -0.05) is 12.4 Å². The van der Waals surface area contributed by atoms with E-state index in [0.717, 1.165) is 6.08 Å². The molecule has 66 valence electrons. The molecule has 0 aliphatic rings. The molecule has 0 aromatic rings. The van der Waals surface area contributed by atoms with Crippen molar-refractivity contribution >= 4 is 13.8 Å². The van der Waals surface area contributed by atoms with Gasteiger partial charge in [-0.05, 0) is 0 Å². The second-order valence-corrected chi connectivity index (χ2v) is 2.17. The standard InChI is InChI=1S/C7H12BNO3/c8-4-6(5-9)12-3-1-2-7(10)11/h1-2,6H,3-5,9H2,(H,10,11). The third-order valence-corrected chi connectivity index (χ3v) is 1.21. The van der Waals surface area contributed by atoms with E-state index in [4.69, 9.17) is 23.4 Å². The number of hydrogen-bond donors (Lipinski definition) is 2. The number of ether oxygens (including phenoxy) is 1. The van der Waals surface area contributed by atoms with Gasteiger partial charge >= 0.3 is 5.97 Å². The van der Waals surface area contributed by atoms with Gasteiger partial charge in [0.2, 0.25) is 0 Å². The van der Waals surface area contributed by atoms with Crippen LogP contribution in [0.1, 0.15) is 0 Å². The van der Waals surface area contributed by atoms with Crippen LogP contribution in [0, 0.1) is 0 Å². The van der Waals surface area contributed by atoms with Crippen molar-refractivity contribution in [2.45, 2.75) is 12.4 Å². The third-order valence-electron chi connectivity index (χ3n) is 1.21. The van der Waals surface area contributed by atoms with Crippen molar-refractivity contribution in [1.82, 2.24) is 0 Å². The molecule has 0 spiro atoms. The van der Waals surface area contributed by atoms with Crippen molar-refractivity contribution in [1.29, 1.82) is 0 Å². The molecule has 0 saturated carbocycles. The summed E-state index contributed by atoms with van der Waals surface area (Å²) < 4.78 is 5.09. The summed E-state index contributed by atoms with van der Waals surface area (Å²) in [4.78, 5) is 9.99. The summed E-state index contributed by atoms with van der Waals surface area (Å²) in [5.74, 6) is -0.990. The Hall–Kier alpha value is -0.805. The molecule has 0 aromatic carbocycles. The number of rotatable bonds is 6. The number of nitrogens with two attached hydrogens (primary N) is 1. The highest BCUT2D eigenvalue weighted by molar-refractivity contribution is 6.08. The van der Waals surface area contributed by atoms with Crippen molar-refractivity contribution < 1.29 is 14.6 Å². The molecule has 0 bridgehead atoms. The van der Waals surface area contributed by atoms with Gasteiger partial charge < -0.3 is 15.6 Å². The summed E-state index contributed by atoms with van der Waals surface area (Å²) in [6, 6.07) is 0. The van der Waals surface area contributed by atoms with E-state index in [1.807, 2.05) is 0 Å². The largest absolute Gasteiger partial charge is 0.478 e. The Kier molecular flexibility index (Phi) is 6.42. The van der Waals surface area contributed by atoms with E-state index in [-0.39, 0.29) is 12.7 Å². The highest BCUT2D eigenvalue weighted by Gasteiger charge is 2.00. The molecule has 12 heavy (non-hydrogen) atoms. The first-order chi connectivity index (χ1) is 5.70. The van der Waals surface area contributed by atoms with Gasteiger partial charge in [0.1, 0.15) is 0 Å². The van der Waals surface area contributed by atoms with Crippen LogP contribution in [0.5, 0.6) is 0 Å². The quantitative estimate of drug-likeness (QED) is 0.417. The van der Waals surface area contributed by atoms with Crippen molar-refractivity contribution in [2.75, 3.05) is 13.2 Å². The maximum absolute atomic E-state index is 9.99. The van der Waals surface area contributed by atoms with Gasteiger partial charge in [0, 0.05) is 12.6 Å². The van der Waals surface area contributed by atoms with Crippen LogP contribution in [0.25, 0.3) is 0 Å². The summed E-state index contributed by atoms with van der Waals surface area (Å²) >= 11 is 0. The lowest BCUT2D eigenvalue weighted by atomic mass is 10.00. The van der Waals surface area contributed by atoms with E-state index in [1.54, 1.807) is 0 Å². The Morgan fingerprint density at radius 3 is 2.83 bits per heavy atom. The fourth-order valence-electron chi connectivity index (χ4n) is 0.573. The Morgan fingerprint density at radius 2 is 2.42 bits per heavy atom. The lowest BCUT2D eigenvalue weighted by molar-refractivity contribution is -0.131. The predicted molar refractivity (Wildman–Crippen MR) is 46.1 cm³/mol. The molecule has 0 heterocycles. The summed E-state index contributed by atoms with van der Waals surface area (Å²) in [6.07, 6.45) is 2.57. The lowest BCUT2D eigenvalue weighted by Crippen LogP contribution is -2.23. The van der Waals surface area contributed by atoms with E-state index >= 15 is 0 Å². The highest BCUT2D eigenvalue weighted by atomic mass is 16.5. The predicted octanol–water partition coefficient (Wildman–Crippen LogP) is -0.442. The van der Waals surface area contributed by atoms with Gasteiger partial charge in [0.25, 0.3) is 0 Å². The van der Waals surface area contributed by atoms with Crippen molar-refractivity contribution in [3.63, 3.8) is 0 Å². The molecule has 0 rings (SSSR count). The van der Waals surface area contributed by atoms with E-state index in [1.165, 1.54) is 6.08 Å². The molecule has 1 unspecified atom stereocenters. The number of carboxylic acid groups (broad SMARTS) is 1. The molecule has 0 aliphatic heterocycles. The van der Waals surface area contributed by atoms with Crippen LogP contribution in [0.2, 0.25) is 6.32 Å². The fourth-order valence-corrected chi connectivity index (χ4v) is 0.573. The van der Waals surface area contributed by atoms with Crippen LogP contribution in [0.4, 0.5) is 0 Å². The average molecular weight is 169 g/mol. The summed E-state index contributed by atoms with van der Waals surface area (Å²) in [5, 5.41) is 8.20. The highest BCUT2D eigenvalue weighted by Crippen LogP contribution is 1.93. The molecule has 0 amide bonds. The van der Waals surface area contributed by atoms with E-state index in [0.29, 0.717) is 12.9 Å². The van der Waals surface area contributed by atoms with E-state index in [9.17, 15) is 4.79 Å². The van der Waals surface area contributed by atoms with Gasteiger partial charge in [-0.3, -0.25) is 0 Å². The lowest BCUT2D eigenvalue weighted by Gasteiger charge is -2.11. The first-order valence-corrected chi connectivity index (χ1v) is 3.62. The van der Waals surface area contributed by atoms with Gasteiger partial charge in [-0.2, -0.15) is 0 Å². The zero-order valence-corrected chi connectivity index (χ0v) is 6.77. The molecule has 3 N–H and O–H groups in total. The van der Waals surface area contributed by atoms with Crippen molar-refractivity contribution in [3.8, 4) is 0 Å². The number of aliphatic carboxylic acids is 1. The van der Waals surface area contributed by atoms with Crippen LogP contribution in [-0.4, -0.2) is 38.2 Å². The molecule has 1 atom stereocenters. The van der Waals surface area contributed by atoms with Gasteiger partial charge in [-0.25, -0.2) is 4.79 Å². The molecular weight excluding hydrogens is 157 g/mol. The van der Waals surface area contributed by atoms with Crippen LogP contribution in [-0.2, 0) is 9.53 Å². The van der Waals surface area contributed by atoms with Gasteiger partial charge in [0.05, 0.1) is 20.6 Å². The zero-order chi connectivity index (χ0) is 9.40. The van der Waals surface area contributed by atoms with E-state index in [2.05, 4.69) is 0 Å². The Labute approximate surface area is 72.8 Å². The first kappa shape index (κ1) is 11.2. The van der Waals surface area contributed by atoms with Crippen LogP contribution >= 0.6 is 0 Å². The first-order valence-electron chi connectivity index (χ1n) is 3.62. The van der Waals surface area contributed by atoms with Crippen molar-refractivity contribution in [2.24, 2.45) is 5.73 Å². The van der Waals surface area contributed by atoms with Crippen LogP contribution < -0.4 is 5.73 Å². The smallest absolute Gasteiger partial charge is 0.328 e. The number of carboxylic acids is 1. The Bertz CT molecular complexity index is 157. The number of hydrogen-bond acceptors (Lipinski definition) is 3. The van der Waals surface area contributed by atoms with E-state index < -0.39 is 5.97 Å². The molecule has 0 saturated heterocycles. The second-order valence-electron chi connectivity index (χ2n) is 2.17. The number of carbonyl (C=O) groups is 1. The van der Waals surface area contributed by atoms with Crippen LogP contribution in [0.15, 0.2) is 12.2 Å². The minimum absolute atomic E-state index is 0.191. The molecule has 0 fully saturated rings. The third kappa shape index (κ3) is 5.94. The van der Waals surface area contributed by atoms with Crippen molar-refractivity contribution in [3.05, 3.63) is 12.2 Å². The molecule has 0 aromatic heterocycles. The average Bonchev–Trinajstić information content (AvgIpc) is 2.04. The molecule has 4 nitrogen and oxygen atoms in total. The Morgan fingerprint density at radius 1 is 1.75 bits per heavy atom. The monoisotopic (exact) mass is 169 g/mol. The molecule has 2 radical (unpaired) electrons. The van der Waals surface area contributed by atoms with Crippen LogP contribution in [0.3, 0.4) is 0 Å². The Balaban J connectivity index is 3.47. The van der Waals surface area contributed by atoms with Gasteiger partial charge in [-0.15, -0.1) is 0 Å². The minimum atomic E-state index is -0.990. The second kappa shape index (κ2) is 6.88. The zero-order valence-electron chi connectivity index (χ0n) is 6.77. The minimum Gasteiger partial charge on any atom is -0.478 e. The van der Waals surface area contributed by atoms with Gasteiger partial charge in [0.15, 0.2) is 0 Å². The SMILES string of the molecule is [B]CC(CN)OCC=CC(=O)O. The summed E-state index contributed by atoms with van der Waals surface area (Å²) in [7, 11) is 5.28. The maximum atomic E-state index is 9.99. The summed E-state index contributed by atoms with van der Waals surface area (Å²) in [5.41, 5.74) is 5.28. The molecule has 5 heteroatoms. The molecule has 0 aliphatic carbocycles. The topological polar surface area (TPSA) is 72.5 Å². The normalized spacial score (nSPS) is 13.4. The maximum Gasteiger partial charge on any atom is 0.328 e.